The Balaban J connectivity index is 1.45. The predicted octanol–water partition coefficient (Wildman–Crippen LogP) is 3.34. The quantitative estimate of drug-likeness (QED) is 0.768. The second-order valence-electron chi connectivity index (χ2n) is 7.23. The second kappa shape index (κ2) is 7.02. The summed E-state index contributed by atoms with van der Waals surface area (Å²) in [5.41, 5.74) is 2.48. The summed E-state index contributed by atoms with van der Waals surface area (Å²) in [6, 6.07) is 16.8. The van der Waals surface area contributed by atoms with Gasteiger partial charge in [0.25, 0.3) is 0 Å². The van der Waals surface area contributed by atoms with E-state index in [0.29, 0.717) is 17.9 Å². The van der Waals surface area contributed by atoms with Gasteiger partial charge in [0.2, 0.25) is 5.91 Å². The molecule has 3 atom stereocenters. The van der Waals surface area contributed by atoms with Crippen molar-refractivity contribution in [3.63, 3.8) is 0 Å². The molecule has 2 fully saturated rings. The topological polar surface area (TPSA) is 38.8 Å². The van der Waals surface area contributed by atoms with Crippen molar-refractivity contribution in [1.82, 2.24) is 4.90 Å². The number of carbonyl (C=O) groups excluding carboxylic acids is 1. The first-order valence-electron chi connectivity index (χ1n) is 9.26. The van der Waals surface area contributed by atoms with Crippen molar-refractivity contribution in [2.45, 2.75) is 25.3 Å². The van der Waals surface area contributed by atoms with Gasteiger partial charge in [-0.25, -0.2) is 0 Å². The summed E-state index contributed by atoms with van der Waals surface area (Å²) in [5, 5.41) is 0. The van der Waals surface area contributed by atoms with Gasteiger partial charge in [-0.3, -0.25) is 4.79 Å². The molecule has 0 radical (unpaired) electrons. The summed E-state index contributed by atoms with van der Waals surface area (Å²) in [4.78, 5) is 14.8. The highest BCUT2D eigenvalue weighted by Gasteiger charge is 2.57. The molecule has 0 bridgehead atoms. The minimum atomic E-state index is 0.272. The molecule has 1 heterocycles. The van der Waals surface area contributed by atoms with Crippen LogP contribution in [0.25, 0.3) is 0 Å². The van der Waals surface area contributed by atoms with Crippen LogP contribution in [0.4, 0.5) is 0 Å². The van der Waals surface area contributed by atoms with Crippen LogP contribution in [0.3, 0.4) is 0 Å². The average Bonchev–Trinajstić information content (AvgIpc) is 3.43. The highest BCUT2D eigenvalue weighted by Crippen LogP contribution is 2.51. The lowest BCUT2D eigenvalue weighted by molar-refractivity contribution is -0.131. The Morgan fingerprint density at radius 2 is 1.77 bits per heavy atom. The first-order chi connectivity index (χ1) is 12.7. The Morgan fingerprint density at radius 1 is 1.00 bits per heavy atom. The number of fused-ring (bicyclic) bond motifs is 1. The van der Waals surface area contributed by atoms with Crippen molar-refractivity contribution >= 4 is 5.91 Å². The highest BCUT2D eigenvalue weighted by molar-refractivity contribution is 5.85. The molecule has 0 aromatic heterocycles. The number of carbonyl (C=O) groups is 1. The number of piperidine rings is 1. The lowest BCUT2D eigenvalue weighted by Crippen LogP contribution is -2.39. The fraction of sp³-hybridized carbons (Fsp3) is 0.409. The summed E-state index contributed by atoms with van der Waals surface area (Å²) < 4.78 is 10.7. The smallest absolute Gasteiger partial charge is 0.226 e. The molecule has 1 aliphatic carbocycles. The van der Waals surface area contributed by atoms with Crippen molar-refractivity contribution in [3.05, 3.63) is 59.7 Å². The third kappa shape index (κ3) is 3.16. The van der Waals surface area contributed by atoms with Gasteiger partial charge in [-0.15, -0.1) is 0 Å². The number of hydrogen-bond donors (Lipinski definition) is 0. The van der Waals surface area contributed by atoms with Crippen molar-refractivity contribution < 1.29 is 14.3 Å². The van der Waals surface area contributed by atoms with Gasteiger partial charge in [-0.2, -0.15) is 0 Å². The van der Waals surface area contributed by atoms with E-state index >= 15 is 0 Å². The number of amides is 1. The van der Waals surface area contributed by atoms with Gasteiger partial charge in [0, 0.05) is 18.5 Å². The minimum absolute atomic E-state index is 0.272. The lowest BCUT2D eigenvalue weighted by atomic mass is 10.0. The van der Waals surface area contributed by atoms with E-state index in [0.717, 1.165) is 42.9 Å². The van der Waals surface area contributed by atoms with E-state index in [-0.39, 0.29) is 5.92 Å². The van der Waals surface area contributed by atoms with Crippen LogP contribution in [-0.4, -0.2) is 37.6 Å². The van der Waals surface area contributed by atoms with Gasteiger partial charge in [-0.1, -0.05) is 36.4 Å². The largest absolute Gasteiger partial charge is 0.493 e. The molecule has 3 unspecified atom stereocenters. The molecule has 2 aromatic rings. The highest BCUT2D eigenvalue weighted by atomic mass is 16.5. The summed E-state index contributed by atoms with van der Waals surface area (Å²) >= 11 is 0. The summed E-state index contributed by atoms with van der Waals surface area (Å²) in [6.07, 6.45) is 2.86. The summed E-state index contributed by atoms with van der Waals surface area (Å²) in [5.74, 6) is 2.64. The Labute approximate surface area is 154 Å². The van der Waals surface area contributed by atoms with Gasteiger partial charge in [0.15, 0.2) is 11.5 Å². The third-order valence-electron chi connectivity index (χ3n) is 5.71. The first kappa shape index (κ1) is 17.0. The zero-order valence-electron chi connectivity index (χ0n) is 15.4. The number of nitrogens with zero attached hydrogens (tertiary/aromatic N) is 1. The van der Waals surface area contributed by atoms with Crippen molar-refractivity contribution in [2.24, 2.45) is 11.8 Å². The molecular weight excluding hydrogens is 326 g/mol. The molecule has 26 heavy (non-hydrogen) atoms. The Hall–Kier alpha value is -2.49. The van der Waals surface area contributed by atoms with Crippen LogP contribution in [0.15, 0.2) is 48.5 Å². The van der Waals surface area contributed by atoms with Crippen LogP contribution in [0.5, 0.6) is 11.5 Å². The van der Waals surface area contributed by atoms with Gasteiger partial charge in [0.05, 0.1) is 14.2 Å². The standard InChI is InChI=1S/C22H25NO3/c1-25-20-9-8-16(13-21(20)26-2)10-11-23-19(17-14-18(17)22(23)24)12-15-6-4-3-5-7-15/h3-9,13,17-19H,10-12,14H2,1-2H3. The van der Waals surface area contributed by atoms with Crippen molar-refractivity contribution in [1.29, 1.82) is 0 Å². The summed E-state index contributed by atoms with van der Waals surface area (Å²) in [7, 11) is 3.29. The Morgan fingerprint density at radius 3 is 2.50 bits per heavy atom. The summed E-state index contributed by atoms with van der Waals surface area (Å²) in [6.45, 7) is 0.763. The first-order valence-corrected chi connectivity index (χ1v) is 9.26. The van der Waals surface area contributed by atoms with Crippen molar-refractivity contribution in [3.8, 4) is 11.5 Å². The maximum atomic E-state index is 12.7. The van der Waals surface area contributed by atoms with E-state index in [1.54, 1.807) is 14.2 Å². The molecule has 1 amide bonds. The van der Waals surface area contributed by atoms with E-state index in [2.05, 4.69) is 35.2 Å². The van der Waals surface area contributed by atoms with Gasteiger partial charge < -0.3 is 14.4 Å². The molecule has 2 aliphatic rings. The minimum Gasteiger partial charge on any atom is -0.493 e. The molecule has 136 valence electrons. The molecule has 4 heteroatoms. The lowest BCUT2D eigenvalue weighted by Gasteiger charge is -2.28. The Bertz CT molecular complexity index is 789. The number of benzene rings is 2. The van der Waals surface area contributed by atoms with Crippen LogP contribution in [-0.2, 0) is 17.6 Å². The maximum Gasteiger partial charge on any atom is 0.226 e. The molecule has 4 nitrogen and oxygen atoms in total. The van der Waals surface area contributed by atoms with E-state index in [1.165, 1.54) is 5.56 Å². The average molecular weight is 351 g/mol. The number of likely N-dealkylation sites (tertiary alicyclic amines) is 1. The van der Waals surface area contributed by atoms with Gasteiger partial charge in [-0.05, 0) is 48.4 Å². The molecule has 0 N–H and O–H groups in total. The molecule has 4 rings (SSSR count). The van der Waals surface area contributed by atoms with E-state index < -0.39 is 0 Å². The normalized spacial score (nSPS) is 23.7. The van der Waals surface area contributed by atoms with Crippen molar-refractivity contribution in [2.75, 3.05) is 20.8 Å². The van der Waals surface area contributed by atoms with Gasteiger partial charge in [0.1, 0.15) is 0 Å². The molecule has 1 saturated carbocycles. The number of hydrogen-bond acceptors (Lipinski definition) is 3. The predicted molar refractivity (Wildman–Crippen MR) is 100 cm³/mol. The van der Waals surface area contributed by atoms with Crippen LogP contribution in [0.2, 0.25) is 0 Å². The molecule has 1 aliphatic heterocycles. The maximum absolute atomic E-state index is 12.7. The second-order valence-corrected chi connectivity index (χ2v) is 7.23. The molecule has 0 spiro atoms. The van der Waals surface area contributed by atoms with Crippen LogP contribution in [0.1, 0.15) is 17.5 Å². The number of methoxy groups -OCH3 is 2. The monoisotopic (exact) mass is 351 g/mol. The van der Waals surface area contributed by atoms with Gasteiger partial charge >= 0.3 is 0 Å². The molecule has 2 aromatic carbocycles. The fourth-order valence-corrected chi connectivity index (χ4v) is 4.21. The number of ether oxygens (including phenoxy) is 2. The SMILES string of the molecule is COc1ccc(CCN2C(=O)C3CC3C2Cc2ccccc2)cc1OC. The fourth-order valence-electron chi connectivity index (χ4n) is 4.21. The van der Waals surface area contributed by atoms with Crippen LogP contribution in [0, 0.1) is 11.8 Å². The van der Waals surface area contributed by atoms with E-state index in [9.17, 15) is 4.79 Å². The third-order valence-corrected chi connectivity index (χ3v) is 5.71. The number of rotatable bonds is 7. The zero-order valence-corrected chi connectivity index (χ0v) is 15.4. The van der Waals surface area contributed by atoms with Crippen LogP contribution < -0.4 is 9.47 Å². The van der Waals surface area contributed by atoms with E-state index in [1.807, 2.05) is 18.2 Å². The Kier molecular flexibility index (Phi) is 4.58. The van der Waals surface area contributed by atoms with Crippen LogP contribution >= 0.6 is 0 Å². The van der Waals surface area contributed by atoms with E-state index in [4.69, 9.17) is 9.47 Å². The molecule has 1 saturated heterocycles. The zero-order chi connectivity index (χ0) is 18.1. The molecular formula is C22H25NO3.